The second-order valence-electron chi connectivity index (χ2n) is 6.26. The molecular formula is C18H19N5O2S. The summed E-state index contributed by atoms with van der Waals surface area (Å²) in [4.78, 5) is 15.6. The van der Waals surface area contributed by atoms with Gasteiger partial charge in [0, 0.05) is 30.2 Å². The van der Waals surface area contributed by atoms with Gasteiger partial charge in [0.05, 0.1) is 5.69 Å². The van der Waals surface area contributed by atoms with Crippen LogP contribution in [0.4, 0.5) is 0 Å². The number of carbonyl (C=O) groups excluding carboxylic acids is 1. The van der Waals surface area contributed by atoms with Crippen molar-refractivity contribution in [1.29, 1.82) is 0 Å². The number of hydrogen-bond acceptors (Lipinski definition) is 6. The lowest BCUT2D eigenvalue weighted by Gasteiger charge is -2.07. The molecule has 2 N–H and O–H groups in total. The normalized spacial score (nSPS) is 13.8. The summed E-state index contributed by atoms with van der Waals surface area (Å²) in [6.45, 7) is 0. The number of primary amides is 1. The number of benzene rings is 1. The van der Waals surface area contributed by atoms with Crippen LogP contribution in [0.2, 0.25) is 0 Å². The molecule has 2 aromatic heterocycles. The van der Waals surface area contributed by atoms with Crippen LogP contribution in [0, 0.1) is 0 Å². The molecule has 1 aromatic carbocycles. The summed E-state index contributed by atoms with van der Waals surface area (Å²) in [6.07, 6.45) is 4.75. The Morgan fingerprint density at radius 3 is 2.81 bits per heavy atom. The second-order valence-corrected chi connectivity index (χ2v) is 7.21. The fourth-order valence-electron chi connectivity index (χ4n) is 2.74. The molecule has 2 heterocycles. The topological polar surface area (TPSA) is 99.8 Å². The summed E-state index contributed by atoms with van der Waals surface area (Å²) >= 11 is 1.58. The molecule has 0 saturated heterocycles. The van der Waals surface area contributed by atoms with Gasteiger partial charge in [-0.1, -0.05) is 30.0 Å². The molecule has 0 unspecified atom stereocenters. The van der Waals surface area contributed by atoms with Gasteiger partial charge >= 0.3 is 0 Å². The van der Waals surface area contributed by atoms with Crippen molar-refractivity contribution in [2.45, 2.75) is 42.6 Å². The number of nitrogens with two attached hydrogens (primary N) is 1. The molecule has 0 atom stereocenters. The monoisotopic (exact) mass is 369 g/mol. The van der Waals surface area contributed by atoms with Crippen molar-refractivity contribution in [3.63, 3.8) is 0 Å². The smallest absolute Gasteiger partial charge is 0.226 e. The van der Waals surface area contributed by atoms with Gasteiger partial charge in [0.2, 0.25) is 11.8 Å². The highest BCUT2D eigenvalue weighted by Crippen LogP contribution is 2.39. The maximum atomic E-state index is 11.0. The third-order valence-corrected chi connectivity index (χ3v) is 5.14. The first-order valence-corrected chi connectivity index (χ1v) is 9.54. The van der Waals surface area contributed by atoms with Crippen LogP contribution in [0.5, 0.6) is 0 Å². The van der Waals surface area contributed by atoms with Crippen molar-refractivity contribution < 1.29 is 9.21 Å². The van der Waals surface area contributed by atoms with E-state index < -0.39 is 0 Å². The first-order valence-electron chi connectivity index (χ1n) is 8.55. The van der Waals surface area contributed by atoms with Crippen LogP contribution in [0.25, 0.3) is 11.5 Å². The van der Waals surface area contributed by atoms with Gasteiger partial charge in [-0.25, -0.2) is 4.98 Å². The molecule has 0 spiro atoms. The standard InChI is InChI=1S/C18H19N5O2S/c19-15(24)8-9-16-21-22-18(23(16)14-6-7-14)26-11-13-10-25-17(20-13)12-4-2-1-3-5-12/h1-5,10,14H,6-9,11H2,(H2,19,24). The minimum absolute atomic E-state index is 0.291. The van der Waals surface area contributed by atoms with Crippen molar-refractivity contribution in [3.05, 3.63) is 48.1 Å². The van der Waals surface area contributed by atoms with Crippen LogP contribution in [-0.2, 0) is 17.0 Å². The predicted octanol–water partition coefficient (Wildman–Crippen LogP) is 2.98. The maximum absolute atomic E-state index is 11.0. The SMILES string of the molecule is NC(=O)CCc1nnc(SCc2coc(-c3ccccc3)n2)n1C1CC1. The van der Waals surface area contributed by atoms with Gasteiger partial charge in [0.1, 0.15) is 12.1 Å². The van der Waals surface area contributed by atoms with Crippen LogP contribution in [-0.4, -0.2) is 25.7 Å². The van der Waals surface area contributed by atoms with E-state index in [4.69, 9.17) is 10.2 Å². The molecule has 7 nitrogen and oxygen atoms in total. The third-order valence-electron chi connectivity index (χ3n) is 4.16. The Balaban J connectivity index is 1.45. The van der Waals surface area contributed by atoms with E-state index in [9.17, 15) is 4.79 Å². The van der Waals surface area contributed by atoms with E-state index in [1.54, 1.807) is 18.0 Å². The summed E-state index contributed by atoms with van der Waals surface area (Å²) in [6, 6.07) is 10.3. The molecule has 26 heavy (non-hydrogen) atoms. The van der Waals surface area contributed by atoms with Crippen LogP contribution < -0.4 is 5.73 Å². The Hall–Kier alpha value is -2.61. The highest BCUT2D eigenvalue weighted by molar-refractivity contribution is 7.98. The molecule has 1 aliphatic carbocycles. The third kappa shape index (κ3) is 3.80. The predicted molar refractivity (Wildman–Crippen MR) is 97.3 cm³/mol. The molecule has 1 aliphatic rings. The summed E-state index contributed by atoms with van der Waals surface area (Å²) in [5.74, 6) is 1.78. The summed E-state index contributed by atoms with van der Waals surface area (Å²) in [5, 5.41) is 9.41. The zero-order chi connectivity index (χ0) is 17.9. The van der Waals surface area contributed by atoms with Gasteiger partial charge in [0.15, 0.2) is 5.16 Å². The van der Waals surface area contributed by atoms with Gasteiger partial charge in [-0.15, -0.1) is 10.2 Å². The van der Waals surface area contributed by atoms with E-state index in [-0.39, 0.29) is 5.91 Å². The number of carbonyl (C=O) groups is 1. The molecule has 1 fully saturated rings. The number of hydrogen-bond donors (Lipinski definition) is 1. The van der Waals surface area contributed by atoms with Crippen LogP contribution in [0.15, 0.2) is 46.2 Å². The molecule has 0 aliphatic heterocycles. The largest absolute Gasteiger partial charge is 0.444 e. The minimum Gasteiger partial charge on any atom is -0.444 e. The first kappa shape index (κ1) is 16.8. The molecule has 1 amide bonds. The molecule has 134 valence electrons. The summed E-state index contributed by atoms with van der Waals surface area (Å²) < 4.78 is 7.73. The molecule has 0 radical (unpaired) electrons. The van der Waals surface area contributed by atoms with E-state index >= 15 is 0 Å². The molecule has 0 bridgehead atoms. The summed E-state index contributed by atoms with van der Waals surface area (Å²) in [7, 11) is 0. The fraction of sp³-hybridized carbons (Fsp3) is 0.333. The van der Waals surface area contributed by atoms with Crippen LogP contribution in [0.3, 0.4) is 0 Å². The second kappa shape index (κ2) is 7.33. The zero-order valence-corrected chi connectivity index (χ0v) is 15.0. The lowest BCUT2D eigenvalue weighted by Crippen LogP contribution is -2.13. The minimum atomic E-state index is -0.319. The van der Waals surface area contributed by atoms with Crippen LogP contribution in [0.1, 0.15) is 36.8 Å². The molecular weight excluding hydrogens is 350 g/mol. The lowest BCUT2D eigenvalue weighted by atomic mass is 10.2. The number of rotatable bonds is 8. The number of aryl methyl sites for hydroxylation is 1. The zero-order valence-electron chi connectivity index (χ0n) is 14.2. The average molecular weight is 369 g/mol. The van der Waals surface area contributed by atoms with E-state index in [2.05, 4.69) is 19.7 Å². The molecule has 1 saturated carbocycles. The number of aromatic nitrogens is 4. The maximum Gasteiger partial charge on any atom is 0.226 e. The van der Waals surface area contributed by atoms with E-state index in [1.807, 2.05) is 30.3 Å². The number of thioether (sulfide) groups is 1. The van der Waals surface area contributed by atoms with E-state index in [1.165, 1.54) is 0 Å². The van der Waals surface area contributed by atoms with Crippen molar-refractivity contribution in [2.75, 3.05) is 0 Å². The molecule has 8 heteroatoms. The Morgan fingerprint density at radius 1 is 1.27 bits per heavy atom. The fourth-order valence-corrected chi connectivity index (χ4v) is 3.64. The average Bonchev–Trinajstić information content (AvgIpc) is 3.23. The summed E-state index contributed by atoms with van der Waals surface area (Å²) in [5.41, 5.74) is 7.07. The molecule has 4 rings (SSSR count). The lowest BCUT2D eigenvalue weighted by molar-refractivity contribution is -0.118. The van der Waals surface area contributed by atoms with Crippen molar-refractivity contribution in [2.24, 2.45) is 5.73 Å². The Labute approximate surface area is 155 Å². The number of nitrogens with zero attached hydrogens (tertiary/aromatic N) is 4. The van der Waals surface area contributed by atoms with Gasteiger partial charge in [0.25, 0.3) is 0 Å². The van der Waals surface area contributed by atoms with Gasteiger partial charge < -0.3 is 14.7 Å². The van der Waals surface area contributed by atoms with Crippen molar-refractivity contribution >= 4 is 17.7 Å². The molecule has 3 aromatic rings. The van der Waals surface area contributed by atoms with E-state index in [0.29, 0.717) is 30.5 Å². The van der Waals surface area contributed by atoms with Crippen LogP contribution >= 0.6 is 11.8 Å². The quantitative estimate of drug-likeness (QED) is 0.613. The van der Waals surface area contributed by atoms with E-state index in [0.717, 1.165) is 35.1 Å². The first-order chi connectivity index (χ1) is 12.7. The Morgan fingerprint density at radius 2 is 2.08 bits per heavy atom. The van der Waals surface area contributed by atoms with Gasteiger partial charge in [-0.05, 0) is 25.0 Å². The highest BCUT2D eigenvalue weighted by atomic mass is 32.2. The van der Waals surface area contributed by atoms with Crippen molar-refractivity contribution in [3.8, 4) is 11.5 Å². The van der Waals surface area contributed by atoms with Crippen molar-refractivity contribution in [1.82, 2.24) is 19.7 Å². The van der Waals surface area contributed by atoms with Gasteiger partial charge in [-0.2, -0.15) is 0 Å². The highest BCUT2D eigenvalue weighted by Gasteiger charge is 2.29. The Kier molecular flexibility index (Phi) is 4.75. The number of amides is 1. The number of oxazole rings is 1. The Bertz CT molecular complexity index is 901. The van der Waals surface area contributed by atoms with Gasteiger partial charge in [-0.3, -0.25) is 4.79 Å².